The van der Waals surface area contributed by atoms with Crippen molar-refractivity contribution in [1.82, 2.24) is 4.90 Å². The fraction of sp³-hybridized carbons (Fsp3) is 0.467. The number of nitrogens with two attached hydrogens (primary N) is 2. The van der Waals surface area contributed by atoms with Gasteiger partial charge in [0.2, 0.25) is 11.8 Å². The minimum atomic E-state index is -0.662. The van der Waals surface area contributed by atoms with E-state index < -0.39 is 11.9 Å². The summed E-state index contributed by atoms with van der Waals surface area (Å²) >= 11 is 0. The average molecular weight is 291 g/mol. The predicted molar refractivity (Wildman–Crippen MR) is 79.4 cm³/mol. The molecule has 0 aliphatic carbocycles. The SMILES string of the molecule is CC(CC(=O)N1CCOCC1C(N)=O)c1ccc(N)cc1. The van der Waals surface area contributed by atoms with E-state index in [0.29, 0.717) is 25.3 Å². The van der Waals surface area contributed by atoms with Gasteiger partial charge in [0.15, 0.2) is 0 Å². The molecule has 0 spiro atoms. The van der Waals surface area contributed by atoms with Gasteiger partial charge in [-0.25, -0.2) is 0 Å². The van der Waals surface area contributed by atoms with Gasteiger partial charge in [-0.1, -0.05) is 19.1 Å². The number of nitrogens with zero attached hydrogens (tertiary/aromatic N) is 1. The lowest BCUT2D eigenvalue weighted by atomic mass is 9.96. The average Bonchev–Trinajstić information content (AvgIpc) is 2.47. The molecule has 4 N–H and O–H groups in total. The molecule has 6 nitrogen and oxygen atoms in total. The first kappa shape index (κ1) is 15.3. The van der Waals surface area contributed by atoms with Crippen molar-refractivity contribution in [1.29, 1.82) is 0 Å². The standard InChI is InChI=1S/C15H21N3O3/c1-10(11-2-4-12(16)5-3-11)8-14(19)18-6-7-21-9-13(18)15(17)20/h2-5,10,13H,6-9,16H2,1H3,(H2,17,20). The molecule has 2 atom stereocenters. The van der Waals surface area contributed by atoms with Crippen LogP contribution in [0.4, 0.5) is 5.69 Å². The number of nitrogen functional groups attached to an aromatic ring is 1. The Morgan fingerprint density at radius 2 is 2.05 bits per heavy atom. The van der Waals surface area contributed by atoms with Crippen molar-refractivity contribution in [2.45, 2.75) is 25.3 Å². The van der Waals surface area contributed by atoms with Crippen molar-refractivity contribution in [3.05, 3.63) is 29.8 Å². The molecular formula is C15H21N3O3. The number of primary amides is 1. The second-order valence-electron chi connectivity index (χ2n) is 5.35. The van der Waals surface area contributed by atoms with Gasteiger partial charge in [0.05, 0.1) is 13.2 Å². The van der Waals surface area contributed by atoms with Gasteiger partial charge in [0, 0.05) is 18.7 Å². The number of ether oxygens (including phenoxy) is 1. The minimum Gasteiger partial charge on any atom is -0.399 e. The van der Waals surface area contributed by atoms with Crippen LogP contribution in [-0.2, 0) is 14.3 Å². The maximum absolute atomic E-state index is 12.4. The van der Waals surface area contributed by atoms with Crippen molar-refractivity contribution in [2.75, 3.05) is 25.5 Å². The fourth-order valence-electron chi connectivity index (χ4n) is 2.46. The van der Waals surface area contributed by atoms with Gasteiger partial charge < -0.3 is 21.1 Å². The van der Waals surface area contributed by atoms with E-state index in [1.54, 1.807) is 0 Å². The van der Waals surface area contributed by atoms with Crippen LogP contribution >= 0.6 is 0 Å². The second kappa shape index (κ2) is 6.58. The highest BCUT2D eigenvalue weighted by atomic mass is 16.5. The first-order valence-electron chi connectivity index (χ1n) is 7.01. The summed E-state index contributed by atoms with van der Waals surface area (Å²) in [5.41, 5.74) is 12.7. The fourth-order valence-corrected chi connectivity index (χ4v) is 2.46. The van der Waals surface area contributed by atoms with Crippen LogP contribution in [0.2, 0.25) is 0 Å². The number of morpholine rings is 1. The lowest BCUT2D eigenvalue weighted by Crippen LogP contribution is -2.54. The molecule has 0 aromatic heterocycles. The molecule has 1 aliphatic rings. The Morgan fingerprint density at radius 3 is 2.67 bits per heavy atom. The van der Waals surface area contributed by atoms with Crippen LogP contribution < -0.4 is 11.5 Å². The molecule has 0 radical (unpaired) electrons. The topological polar surface area (TPSA) is 98.6 Å². The highest BCUT2D eigenvalue weighted by molar-refractivity contribution is 5.87. The van der Waals surface area contributed by atoms with E-state index in [4.69, 9.17) is 16.2 Å². The van der Waals surface area contributed by atoms with E-state index >= 15 is 0 Å². The molecule has 1 fully saturated rings. The second-order valence-corrected chi connectivity index (χ2v) is 5.35. The van der Waals surface area contributed by atoms with E-state index in [2.05, 4.69) is 0 Å². The molecule has 1 aromatic carbocycles. The summed E-state index contributed by atoms with van der Waals surface area (Å²) in [4.78, 5) is 25.3. The van der Waals surface area contributed by atoms with Crippen molar-refractivity contribution in [2.24, 2.45) is 5.73 Å². The van der Waals surface area contributed by atoms with Gasteiger partial charge in [-0.3, -0.25) is 9.59 Å². The quantitative estimate of drug-likeness (QED) is 0.788. The highest BCUT2D eigenvalue weighted by Gasteiger charge is 2.31. The van der Waals surface area contributed by atoms with Crippen LogP contribution in [0.15, 0.2) is 24.3 Å². The summed E-state index contributed by atoms with van der Waals surface area (Å²) in [6, 6.07) is 6.80. The Bertz CT molecular complexity index is 515. The summed E-state index contributed by atoms with van der Waals surface area (Å²) in [5, 5.41) is 0. The normalized spacial score (nSPS) is 20.0. The zero-order valence-corrected chi connectivity index (χ0v) is 12.1. The van der Waals surface area contributed by atoms with Crippen LogP contribution in [-0.4, -0.2) is 42.5 Å². The Morgan fingerprint density at radius 1 is 1.38 bits per heavy atom. The number of hydrogen-bond donors (Lipinski definition) is 2. The number of hydrogen-bond acceptors (Lipinski definition) is 4. The van der Waals surface area contributed by atoms with Crippen molar-refractivity contribution in [3.8, 4) is 0 Å². The van der Waals surface area contributed by atoms with Crippen molar-refractivity contribution in [3.63, 3.8) is 0 Å². The van der Waals surface area contributed by atoms with Crippen LogP contribution in [0.5, 0.6) is 0 Å². The van der Waals surface area contributed by atoms with Gasteiger partial charge in [-0.2, -0.15) is 0 Å². The smallest absolute Gasteiger partial charge is 0.242 e. The third-order valence-corrected chi connectivity index (χ3v) is 3.76. The third kappa shape index (κ3) is 3.72. The monoisotopic (exact) mass is 291 g/mol. The van der Waals surface area contributed by atoms with Gasteiger partial charge in [0.1, 0.15) is 6.04 Å². The first-order chi connectivity index (χ1) is 9.99. The van der Waals surface area contributed by atoms with Crippen LogP contribution in [0.25, 0.3) is 0 Å². The third-order valence-electron chi connectivity index (χ3n) is 3.76. The molecule has 0 bridgehead atoms. The summed E-state index contributed by atoms with van der Waals surface area (Å²) in [6.45, 7) is 2.99. The Hall–Kier alpha value is -2.08. The number of benzene rings is 1. The van der Waals surface area contributed by atoms with Crippen LogP contribution in [0.3, 0.4) is 0 Å². The van der Waals surface area contributed by atoms with Crippen molar-refractivity contribution >= 4 is 17.5 Å². The summed E-state index contributed by atoms with van der Waals surface area (Å²) in [7, 11) is 0. The summed E-state index contributed by atoms with van der Waals surface area (Å²) < 4.78 is 5.22. The number of anilines is 1. The van der Waals surface area contributed by atoms with Gasteiger partial charge in [-0.05, 0) is 23.6 Å². The van der Waals surface area contributed by atoms with Crippen LogP contribution in [0.1, 0.15) is 24.8 Å². The molecule has 1 aromatic rings. The Labute approximate surface area is 124 Å². The van der Waals surface area contributed by atoms with Gasteiger partial charge >= 0.3 is 0 Å². The maximum atomic E-state index is 12.4. The molecule has 0 saturated carbocycles. The maximum Gasteiger partial charge on any atom is 0.242 e. The zero-order chi connectivity index (χ0) is 15.4. The molecular weight excluding hydrogens is 270 g/mol. The van der Waals surface area contributed by atoms with Gasteiger partial charge in [-0.15, -0.1) is 0 Å². The number of amides is 2. The highest BCUT2D eigenvalue weighted by Crippen LogP contribution is 2.22. The summed E-state index contributed by atoms with van der Waals surface area (Å²) in [5.74, 6) is -0.552. The molecule has 114 valence electrons. The number of rotatable bonds is 4. The van der Waals surface area contributed by atoms with Crippen LogP contribution in [0, 0.1) is 0 Å². The number of carbonyl (C=O) groups is 2. The minimum absolute atomic E-state index is 0.0504. The molecule has 1 aliphatic heterocycles. The molecule has 1 heterocycles. The van der Waals surface area contributed by atoms with E-state index in [1.807, 2.05) is 31.2 Å². The summed E-state index contributed by atoms with van der Waals surface area (Å²) in [6.07, 6.45) is 0.327. The van der Waals surface area contributed by atoms with E-state index in [1.165, 1.54) is 4.90 Å². The molecule has 2 amide bonds. The van der Waals surface area contributed by atoms with E-state index in [-0.39, 0.29) is 18.4 Å². The van der Waals surface area contributed by atoms with E-state index in [0.717, 1.165) is 5.56 Å². The van der Waals surface area contributed by atoms with Crippen molar-refractivity contribution < 1.29 is 14.3 Å². The molecule has 6 heteroatoms. The van der Waals surface area contributed by atoms with E-state index in [9.17, 15) is 9.59 Å². The zero-order valence-electron chi connectivity index (χ0n) is 12.1. The predicted octanol–water partition coefficient (Wildman–Crippen LogP) is 0.475. The lowest BCUT2D eigenvalue weighted by molar-refractivity contribution is -0.147. The largest absolute Gasteiger partial charge is 0.399 e. The first-order valence-corrected chi connectivity index (χ1v) is 7.01. The molecule has 21 heavy (non-hydrogen) atoms. The number of carbonyl (C=O) groups excluding carboxylic acids is 2. The van der Waals surface area contributed by atoms with Gasteiger partial charge in [0.25, 0.3) is 0 Å². The Balaban J connectivity index is 2.02. The Kier molecular flexibility index (Phi) is 4.80. The molecule has 1 saturated heterocycles. The molecule has 2 rings (SSSR count). The lowest BCUT2D eigenvalue weighted by Gasteiger charge is -2.34. The molecule has 2 unspecified atom stereocenters.